The van der Waals surface area contributed by atoms with Gasteiger partial charge in [0.1, 0.15) is 11.8 Å². The number of hydrogen-bond acceptors (Lipinski definition) is 5. The van der Waals surface area contributed by atoms with Gasteiger partial charge in [-0.2, -0.15) is 5.10 Å². The first-order valence-corrected chi connectivity index (χ1v) is 8.46. The van der Waals surface area contributed by atoms with Crippen molar-refractivity contribution < 1.29 is 13.5 Å². The molecule has 0 radical (unpaired) electrons. The number of ether oxygens (including phenoxy) is 1. The average Bonchev–Trinajstić information content (AvgIpc) is 3.03. The molecular formula is C18H19F2N5O. The molecule has 0 saturated carbocycles. The molecule has 3 aromatic rings. The lowest BCUT2D eigenvalue weighted by Gasteiger charge is -2.22. The highest BCUT2D eigenvalue weighted by Gasteiger charge is 2.24. The number of nitrogen functional groups attached to an aromatic ring is 1. The van der Waals surface area contributed by atoms with Gasteiger partial charge in [0.2, 0.25) is 0 Å². The fraction of sp³-hybridized carbons (Fsp3) is 0.333. The Morgan fingerprint density at radius 2 is 2.04 bits per heavy atom. The predicted molar refractivity (Wildman–Crippen MR) is 94.1 cm³/mol. The van der Waals surface area contributed by atoms with Gasteiger partial charge in [-0.15, -0.1) is 0 Å². The minimum Gasteiger partial charge on any atom is -0.491 e. The normalized spacial score (nSPS) is 17.6. The first kappa shape index (κ1) is 16.7. The molecule has 0 unspecified atom stereocenters. The number of rotatable bonds is 3. The Morgan fingerprint density at radius 1 is 1.27 bits per heavy atom. The predicted octanol–water partition coefficient (Wildman–Crippen LogP) is 2.73. The smallest absolute Gasteiger partial charge is 0.190 e. The molecule has 0 amide bonds. The lowest BCUT2D eigenvalue weighted by atomic mass is 9.95. The van der Waals surface area contributed by atoms with Gasteiger partial charge < -0.3 is 15.8 Å². The van der Waals surface area contributed by atoms with Crippen LogP contribution in [0.15, 0.2) is 24.5 Å². The zero-order chi connectivity index (χ0) is 18.3. The standard InChI is InChI=1S/C18H19F2N5O/c1-26-17-13(19)5-11(6-14(17)20)12-7-15(10-3-2-4-22-8-10)25-16(12)18(21)23-9-24-25/h5-7,9-10,22H,2-4,8H2,1H3,(H2,21,23,24)/t10-/m1/s1. The van der Waals surface area contributed by atoms with Crippen molar-refractivity contribution >= 4 is 11.3 Å². The minimum absolute atomic E-state index is 0.243. The number of fused-ring (bicyclic) bond motifs is 1. The third-order valence-corrected chi connectivity index (χ3v) is 4.84. The van der Waals surface area contributed by atoms with Crippen molar-refractivity contribution in [1.29, 1.82) is 0 Å². The fourth-order valence-electron chi connectivity index (χ4n) is 3.62. The molecule has 1 atom stereocenters. The second-order valence-corrected chi connectivity index (χ2v) is 6.40. The molecule has 1 aliphatic heterocycles. The van der Waals surface area contributed by atoms with Crippen molar-refractivity contribution in [1.82, 2.24) is 19.9 Å². The maximum atomic E-state index is 14.2. The van der Waals surface area contributed by atoms with Crippen LogP contribution in [0.3, 0.4) is 0 Å². The summed E-state index contributed by atoms with van der Waals surface area (Å²) in [5, 5.41) is 7.70. The number of hydrogen-bond donors (Lipinski definition) is 2. The van der Waals surface area contributed by atoms with Gasteiger partial charge in [-0.3, -0.25) is 0 Å². The number of aromatic nitrogens is 3. The van der Waals surface area contributed by atoms with Gasteiger partial charge in [-0.05, 0) is 43.1 Å². The molecule has 3 heterocycles. The zero-order valence-electron chi connectivity index (χ0n) is 14.3. The van der Waals surface area contributed by atoms with Crippen molar-refractivity contribution in [3.05, 3.63) is 41.9 Å². The summed E-state index contributed by atoms with van der Waals surface area (Å²) in [5.41, 5.74) is 8.55. The second kappa shape index (κ2) is 6.53. The topological polar surface area (TPSA) is 77.5 Å². The van der Waals surface area contributed by atoms with Crippen molar-refractivity contribution in [2.45, 2.75) is 18.8 Å². The lowest BCUT2D eigenvalue weighted by molar-refractivity contribution is 0.360. The summed E-state index contributed by atoms with van der Waals surface area (Å²) in [4.78, 5) is 4.05. The van der Waals surface area contributed by atoms with E-state index >= 15 is 0 Å². The van der Waals surface area contributed by atoms with E-state index in [9.17, 15) is 8.78 Å². The number of anilines is 1. The van der Waals surface area contributed by atoms with E-state index < -0.39 is 17.4 Å². The van der Waals surface area contributed by atoms with E-state index in [2.05, 4.69) is 15.4 Å². The summed E-state index contributed by atoms with van der Waals surface area (Å²) in [7, 11) is 1.23. The fourth-order valence-corrected chi connectivity index (χ4v) is 3.62. The van der Waals surface area contributed by atoms with E-state index in [0.717, 1.165) is 31.6 Å². The molecular weight excluding hydrogens is 340 g/mol. The number of nitrogens with one attached hydrogen (secondary N) is 1. The summed E-state index contributed by atoms with van der Waals surface area (Å²) < 4.78 is 34.9. The number of halogens is 2. The van der Waals surface area contributed by atoms with Crippen LogP contribution in [0.25, 0.3) is 16.6 Å². The summed E-state index contributed by atoms with van der Waals surface area (Å²) in [6.45, 7) is 1.81. The third-order valence-electron chi connectivity index (χ3n) is 4.84. The maximum Gasteiger partial charge on any atom is 0.190 e. The number of nitrogens with two attached hydrogens (primary N) is 1. The van der Waals surface area contributed by atoms with Gasteiger partial charge in [-0.1, -0.05) is 0 Å². The molecule has 6 nitrogen and oxygen atoms in total. The molecule has 136 valence electrons. The molecule has 8 heteroatoms. The molecule has 0 spiro atoms. The number of benzene rings is 1. The summed E-state index contributed by atoms with van der Waals surface area (Å²) >= 11 is 0. The number of methoxy groups -OCH3 is 1. The van der Waals surface area contributed by atoms with Gasteiger partial charge in [-0.25, -0.2) is 18.3 Å². The van der Waals surface area contributed by atoms with Crippen LogP contribution in [-0.2, 0) is 0 Å². The molecule has 0 bridgehead atoms. The van der Waals surface area contributed by atoms with Crippen molar-refractivity contribution in [2.24, 2.45) is 0 Å². The Labute approximate surface area is 149 Å². The van der Waals surface area contributed by atoms with Gasteiger partial charge in [0.15, 0.2) is 23.2 Å². The lowest BCUT2D eigenvalue weighted by Crippen LogP contribution is -2.29. The van der Waals surface area contributed by atoms with Crippen molar-refractivity contribution in [3.63, 3.8) is 0 Å². The summed E-state index contributed by atoms with van der Waals surface area (Å²) in [6.07, 6.45) is 3.45. The molecule has 1 aromatic carbocycles. The summed E-state index contributed by atoms with van der Waals surface area (Å²) in [6, 6.07) is 4.39. The van der Waals surface area contributed by atoms with Gasteiger partial charge in [0, 0.05) is 23.7 Å². The Bertz CT molecular complexity index is 943. The van der Waals surface area contributed by atoms with Crippen LogP contribution < -0.4 is 15.8 Å². The SMILES string of the molecule is COc1c(F)cc(-c2cc([C@@H]3CCCNC3)n3ncnc(N)c23)cc1F. The first-order chi connectivity index (χ1) is 12.6. The van der Waals surface area contributed by atoms with E-state index in [1.54, 1.807) is 4.52 Å². The van der Waals surface area contributed by atoms with Gasteiger partial charge in [0.25, 0.3) is 0 Å². The summed E-state index contributed by atoms with van der Waals surface area (Å²) in [5.74, 6) is -1.43. The molecule has 4 rings (SSSR count). The molecule has 3 N–H and O–H groups in total. The van der Waals surface area contributed by atoms with E-state index in [0.29, 0.717) is 16.6 Å². The molecule has 0 aliphatic carbocycles. The Kier molecular flexibility index (Phi) is 4.20. The number of nitrogens with zero attached hydrogens (tertiary/aromatic N) is 3. The number of piperidine rings is 1. The van der Waals surface area contributed by atoms with E-state index in [1.807, 2.05) is 6.07 Å². The van der Waals surface area contributed by atoms with E-state index in [4.69, 9.17) is 10.5 Å². The van der Waals surface area contributed by atoms with Crippen LogP contribution in [0.2, 0.25) is 0 Å². The largest absolute Gasteiger partial charge is 0.491 e. The Balaban J connectivity index is 1.93. The maximum absolute atomic E-state index is 14.2. The van der Waals surface area contributed by atoms with Crippen LogP contribution in [0, 0.1) is 11.6 Å². The molecule has 1 aliphatic rings. The van der Waals surface area contributed by atoms with Gasteiger partial charge in [0.05, 0.1) is 7.11 Å². The van der Waals surface area contributed by atoms with E-state index in [-0.39, 0.29) is 11.7 Å². The second-order valence-electron chi connectivity index (χ2n) is 6.40. The minimum atomic E-state index is -0.766. The highest BCUT2D eigenvalue weighted by atomic mass is 19.1. The molecule has 1 fully saturated rings. The van der Waals surface area contributed by atoms with Crippen molar-refractivity contribution in [3.8, 4) is 16.9 Å². The molecule has 26 heavy (non-hydrogen) atoms. The van der Waals surface area contributed by atoms with Crippen molar-refractivity contribution in [2.75, 3.05) is 25.9 Å². The van der Waals surface area contributed by atoms with E-state index in [1.165, 1.54) is 25.6 Å². The molecule has 2 aromatic heterocycles. The quantitative estimate of drug-likeness (QED) is 0.752. The van der Waals surface area contributed by atoms with Crippen LogP contribution in [-0.4, -0.2) is 34.8 Å². The average molecular weight is 359 g/mol. The zero-order valence-corrected chi connectivity index (χ0v) is 14.3. The monoisotopic (exact) mass is 359 g/mol. The van der Waals surface area contributed by atoms with Crippen LogP contribution in [0.5, 0.6) is 5.75 Å². The highest BCUT2D eigenvalue weighted by Crippen LogP contribution is 2.37. The van der Waals surface area contributed by atoms with Crippen LogP contribution in [0.4, 0.5) is 14.6 Å². The van der Waals surface area contributed by atoms with Crippen LogP contribution in [0.1, 0.15) is 24.5 Å². The highest BCUT2D eigenvalue weighted by molar-refractivity contribution is 5.88. The first-order valence-electron chi connectivity index (χ1n) is 8.46. The molecule has 1 saturated heterocycles. The van der Waals surface area contributed by atoms with Crippen LogP contribution >= 0.6 is 0 Å². The third kappa shape index (κ3) is 2.66. The Morgan fingerprint density at radius 3 is 2.69 bits per heavy atom. The van der Waals surface area contributed by atoms with Gasteiger partial charge >= 0.3 is 0 Å². The Hall–Kier alpha value is -2.74.